The van der Waals surface area contributed by atoms with E-state index in [0.717, 1.165) is 51.6 Å². The highest BCUT2D eigenvalue weighted by molar-refractivity contribution is 6.02. The van der Waals surface area contributed by atoms with Gasteiger partial charge in [0.05, 0.1) is 28.8 Å². The molecule has 0 spiro atoms. The molecule has 2 aromatic carbocycles. The number of fused-ring (bicyclic) bond motifs is 2. The molecule has 3 aliphatic heterocycles. The number of ether oxygens (including phenoxy) is 2. The van der Waals surface area contributed by atoms with Crippen LogP contribution in [0.4, 0.5) is 27.8 Å². The molecule has 1 saturated carbocycles. The maximum atomic E-state index is 17.2. The first-order chi connectivity index (χ1) is 26.6. The zero-order valence-electron chi connectivity index (χ0n) is 31.1. The maximum Gasteiger partial charge on any atom is 0.414 e. The summed E-state index contributed by atoms with van der Waals surface area (Å²) in [5.74, 6) is 1.53. The molecule has 55 heavy (non-hydrogen) atoms. The van der Waals surface area contributed by atoms with E-state index in [0.29, 0.717) is 77.9 Å². The Bertz CT molecular complexity index is 2100. The van der Waals surface area contributed by atoms with Crippen molar-refractivity contribution in [3.8, 4) is 29.6 Å². The van der Waals surface area contributed by atoms with Crippen molar-refractivity contribution >= 4 is 27.5 Å². The van der Waals surface area contributed by atoms with E-state index in [2.05, 4.69) is 28.4 Å². The van der Waals surface area contributed by atoms with Crippen LogP contribution in [0.5, 0.6) is 6.01 Å². The number of benzene rings is 2. The lowest BCUT2D eigenvalue weighted by atomic mass is 9.94. The quantitative estimate of drug-likeness (QED) is 0.124. The third kappa shape index (κ3) is 7.45. The van der Waals surface area contributed by atoms with E-state index in [1.165, 1.54) is 6.07 Å². The lowest BCUT2D eigenvalue weighted by molar-refractivity contribution is -0.230. The molecule has 8 rings (SSSR count). The molecule has 3 unspecified atom stereocenters. The van der Waals surface area contributed by atoms with Gasteiger partial charge >= 0.3 is 12.2 Å². The number of terminal acetylenes is 1. The van der Waals surface area contributed by atoms with Gasteiger partial charge in [-0.05, 0) is 94.2 Å². The average molecular weight is 763 g/mol. The number of aromatic nitrogens is 3. The van der Waals surface area contributed by atoms with Gasteiger partial charge in [0.25, 0.3) is 0 Å². The van der Waals surface area contributed by atoms with E-state index in [1.807, 2.05) is 0 Å². The Morgan fingerprint density at radius 2 is 1.89 bits per heavy atom. The molecular weight excluding hydrogens is 715 g/mol. The first kappa shape index (κ1) is 37.8. The summed E-state index contributed by atoms with van der Waals surface area (Å²) in [4.78, 5) is 16.7. The normalized spacial score (nSPS) is 23.9. The number of pyridine rings is 1. The topological polar surface area (TPSA) is 84.4 Å². The highest BCUT2D eigenvalue weighted by Gasteiger charge is 2.53. The number of anilines is 1. The van der Waals surface area contributed by atoms with E-state index in [-0.39, 0.29) is 42.0 Å². The van der Waals surface area contributed by atoms with Crippen LogP contribution in [0.2, 0.25) is 0 Å². The summed E-state index contributed by atoms with van der Waals surface area (Å²) in [7, 11) is 0. The molecule has 4 aliphatic rings. The molecule has 5 heterocycles. The van der Waals surface area contributed by atoms with Crippen molar-refractivity contribution in [1.29, 1.82) is 0 Å². The number of alkyl halides is 3. The number of halogens is 5. The Labute approximate surface area is 318 Å². The molecule has 0 bridgehead atoms. The van der Waals surface area contributed by atoms with Gasteiger partial charge in [0.1, 0.15) is 29.5 Å². The minimum atomic E-state index is -4.38. The molecule has 292 valence electrons. The molecule has 2 N–H and O–H groups in total. The van der Waals surface area contributed by atoms with E-state index in [9.17, 15) is 13.2 Å². The highest BCUT2D eigenvalue weighted by Crippen LogP contribution is 2.46. The zero-order valence-corrected chi connectivity index (χ0v) is 31.1. The summed E-state index contributed by atoms with van der Waals surface area (Å²) in [5.41, 5.74) is 0.670. The lowest BCUT2D eigenvalue weighted by Gasteiger charge is -2.35. The molecule has 4 aromatic rings. The number of rotatable bonds is 10. The Morgan fingerprint density at radius 1 is 1.04 bits per heavy atom. The van der Waals surface area contributed by atoms with Crippen LogP contribution in [-0.2, 0) is 11.2 Å². The fraction of sp³-hybridized carbons (Fsp3) is 0.548. The van der Waals surface area contributed by atoms with Crippen molar-refractivity contribution in [3.63, 3.8) is 0 Å². The van der Waals surface area contributed by atoms with E-state index < -0.39 is 35.4 Å². The van der Waals surface area contributed by atoms with Gasteiger partial charge in [0, 0.05) is 30.1 Å². The Morgan fingerprint density at radius 3 is 2.67 bits per heavy atom. The molecule has 2 saturated heterocycles. The summed E-state index contributed by atoms with van der Waals surface area (Å²) < 4.78 is 85.5. The van der Waals surface area contributed by atoms with Crippen molar-refractivity contribution in [3.05, 3.63) is 53.2 Å². The van der Waals surface area contributed by atoms with Gasteiger partial charge in [-0.3, -0.25) is 4.90 Å². The predicted molar refractivity (Wildman–Crippen MR) is 202 cm³/mol. The molecule has 8 nitrogen and oxygen atoms in total. The maximum absolute atomic E-state index is 17.2. The first-order valence-electron chi connectivity index (χ1n) is 19.7. The highest BCUT2D eigenvalue weighted by atomic mass is 19.4. The van der Waals surface area contributed by atoms with Gasteiger partial charge in [-0.1, -0.05) is 43.5 Å². The van der Waals surface area contributed by atoms with Crippen molar-refractivity contribution in [1.82, 2.24) is 25.2 Å². The van der Waals surface area contributed by atoms with Crippen LogP contribution in [-0.4, -0.2) is 83.1 Å². The van der Waals surface area contributed by atoms with Crippen LogP contribution in [0.25, 0.3) is 32.9 Å². The minimum Gasteiger partial charge on any atom is -0.461 e. The van der Waals surface area contributed by atoms with E-state index in [1.54, 1.807) is 24.3 Å². The summed E-state index contributed by atoms with van der Waals surface area (Å²) >= 11 is 0. The minimum absolute atomic E-state index is 0.0104. The predicted octanol–water partition coefficient (Wildman–Crippen LogP) is 8.20. The van der Waals surface area contributed by atoms with Crippen LogP contribution in [0.3, 0.4) is 0 Å². The van der Waals surface area contributed by atoms with Crippen LogP contribution in [0.15, 0.2) is 30.3 Å². The molecule has 1 aliphatic carbocycles. The molecule has 3 fully saturated rings. The van der Waals surface area contributed by atoms with Crippen molar-refractivity contribution < 1.29 is 31.4 Å². The molecule has 0 amide bonds. The Kier molecular flexibility index (Phi) is 10.6. The second-order valence-corrected chi connectivity index (χ2v) is 15.7. The third-order valence-corrected chi connectivity index (χ3v) is 12.1. The summed E-state index contributed by atoms with van der Waals surface area (Å²) in [5, 5.41) is 8.46. The monoisotopic (exact) mass is 762 g/mol. The fourth-order valence-corrected chi connectivity index (χ4v) is 9.24. The van der Waals surface area contributed by atoms with Gasteiger partial charge in [-0.2, -0.15) is 23.1 Å². The standard InChI is InChI=1S/C42H47F5N6O2/c1-3-7-25-10-15-32-34-37(35(44)36(50-32)30-9-5-8-26-13-14-31(43)29(4-2)33(26)30)51-40(52-39(34)49-20-19-48-22-25)55-24-41-17-6-21-53(41)28(16-18-41)23-54-38(27-11-12-27)42(45,46)47/h2,5,8-9,13-14,25,27-28,38,48H,3,6-7,10-12,15-24H2,1H3,(H,49,51,52)/t25?,28-,38?,41?/m0/s1. The summed E-state index contributed by atoms with van der Waals surface area (Å²) in [6, 6.07) is 8.05. The molecule has 2 aromatic heterocycles. The van der Waals surface area contributed by atoms with E-state index >= 15 is 8.78 Å². The van der Waals surface area contributed by atoms with Gasteiger partial charge in [-0.25, -0.2) is 13.8 Å². The number of hydrogen-bond acceptors (Lipinski definition) is 8. The van der Waals surface area contributed by atoms with Gasteiger partial charge in [0.15, 0.2) is 11.9 Å². The van der Waals surface area contributed by atoms with Crippen LogP contribution in [0.1, 0.15) is 76.0 Å². The molecule has 0 radical (unpaired) electrons. The van der Waals surface area contributed by atoms with Gasteiger partial charge < -0.3 is 20.1 Å². The van der Waals surface area contributed by atoms with Crippen molar-refractivity contribution in [2.75, 3.05) is 44.7 Å². The third-order valence-electron chi connectivity index (χ3n) is 12.1. The Balaban J connectivity index is 1.16. The van der Waals surface area contributed by atoms with Crippen LogP contribution >= 0.6 is 0 Å². The lowest BCUT2D eigenvalue weighted by Crippen LogP contribution is -2.48. The van der Waals surface area contributed by atoms with Crippen molar-refractivity contribution in [2.24, 2.45) is 11.8 Å². The molecule has 13 heteroatoms. The molecule has 4 atom stereocenters. The van der Waals surface area contributed by atoms with Crippen LogP contribution in [0, 0.1) is 35.8 Å². The second kappa shape index (κ2) is 15.4. The summed E-state index contributed by atoms with van der Waals surface area (Å²) in [6.07, 6.45) is 7.28. The SMILES string of the molecule is C#Cc1c(F)ccc2cccc(-c3nc4c5c(nc(OCC67CCCN6[C@H](COC(C6CC6)C(F)(F)F)CC7)nc5c3F)NCCNCC(CCC)CC4)c12. The molecular formula is C42H47F5N6O2. The van der Waals surface area contributed by atoms with Gasteiger partial charge in [0.2, 0.25) is 0 Å². The number of hydrogen-bond donors (Lipinski definition) is 2. The number of nitrogens with one attached hydrogen (secondary N) is 2. The largest absolute Gasteiger partial charge is 0.461 e. The van der Waals surface area contributed by atoms with Crippen LogP contribution < -0.4 is 15.4 Å². The Hall–Kier alpha value is -4.12. The fourth-order valence-electron chi connectivity index (χ4n) is 9.24. The second-order valence-electron chi connectivity index (χ2n) is 15.7. The average Bonchev–Trinajstić information content (AvgIpc) is 3.82. The zero-order chi connectivity index (χ0) is 38.3. The number of nitrogens with zero attached hydrogens (tertiary/aromatic N) is 4. The van der Waals surface area contributed by atoms with Gasteiger partial charge in [-0.15, -0.1) is 6.42 Å². The summed E-state index contributed by atoms with van der Waals surface area (Å²) in [6.45, 7) is 5.11. The van der Waals surface area contributed by atoms with E-state index in [4.69, 9.17) is 30.8 Å². The first-order valence-corrected chi connectivity index (χ1v) is 19.7. The smallest absolute Gasteiger partial charge is 0.414 e. The number of aryl methyl sites for hydroxylation is 1. The van der Waals surface area contributed by atoms with Crippen molar-refractivity contribution in [2.45, 2.75) is 95.0 Å².